The summed E-state index contributed by atoms with van der Waals surface area (Å²) in [6, 6.07) is 0. The minimum atomic E-state index is -0.245. The summed E-state index contributed by atoms with van der Waals surface area (Å²) >= 11 is 0. The van der Waals surface area contributed by atoms with Crippen molar-refractivity contribution in [2.45, 2.75) is 19.3 Å². The van der Waals surface area contributed by atoms with Crippen molar-refractivity contribution in [1.29, 1.82) is 0 Å². The number of esters is 1. The zero-order chi connectivity index (χ0) is 11.0. The van der Waals surface area contributed by atoms with Crippen LogP contribution >= 0.6 is 0 Å². The molecule has 0 aliphatic heterocycles. The van der Waals surface area contributed by atoms with Gasteiger partial charge in [-0.3, -0.25) is 14.4 Å². The summed E-state index contributed by atoms with van der Waals surface area (Å²) in [5, 5.41) is 0. The first-order valence-corrected chi connectivity index (χ1v) is 4.21. The fourth-order valence-electron chi connectivity index (χ4n) is 1.18. The van der Waals surface area contributed by atoms with E-state index in [-0.39, 0.29) is 17.7 Å². The van der Waals surface area contributed by atoms with Crippen LogP contribution < -0.4 is 0 Å². The van der Waals surface area contributed by atoms with Gasteiger partial charge in [0, 0.05) is 12.8 Å². The lowest BCUT2D eigenvalue weighted by molar-refractivity contribution is -0.145. The predicted octanol–water partition coefficient (Wildman–Crippen LogP) is 0.318. The van der Waals surface area contributed by atoms with Crippen LogP contribution in [-0.4, -0.2) is 32.4 Å². The van der Waals surface area contributed by atoms with Crippen LogP contribution in [0.25, 0.3) is 0 Å². The molecule has 0 spiro atoms. The number of ketones is 1. The number of hydrogen-bond acceptors (Lipinski definition) is 5. The topological polar surface area (TPSA) is 69.7 Å². The molecule has 0 aromatic carbocycles. The van der Waals surface area contributed by atoms with Crippen LogP contribution in [0.1, 0.15) is 19.3 Å². The van der Waals surface area contributed by atoms with Gasteiger partial charge in [0.05, 0.1) is 20.1 Å². The molecular weight excluding hydrogens is 188 g/mol. The Kier molecular flexibility index (Phi) is 6.36. The SMILES string of the molecule is COC(=O)C1CCC(=O)C1.COC=O. The molecule has 0 N–H and O–H groups in total. The van der Waals surface area contributed by atoms with Crippen LogP contribution in [-0.2, 0) is 23.9 Å². The molecule has 5 nitrogen and oxygen atoms in total. The van der Waals surface area contributed by atoms with E-state index < -0.39 is 0 Å². The Bertz CT molecular complexity index is 211. The molecule has 0 aromatic heterocycles. The molecule has 0 bridgehead atoms. The summed E-state index contributed by atoms with van der Waals surface area (Å²) in [5.41, 5.74) is 0. The van der Waals surface area contributed by atoms with Crippen LogP contribution in [0.2, 0.25) is 0 Å². The third-order valence-electron chi connectivity index (χ3n) is 1.88. The van der Waals surface area contributed by atoms with Gasteiger partial charge in [0.2, 0.25) is 0 Å². The van der Waals surface area contributed by atoms with Crippen LogP contribution in [0, 0.1) is 5.92 Å². The fraction of sp³-hybridized carbons (Fsp3) is 0.667. The predicted molar refractivity (Wildman–Crippen MR) is 47.4 cm³/mol. The normalized spacial score (nSPS) is 19.3. The molecule has 14 heavy (non-hydrogen) atoms. The molecular formula is C9H14O5. The minimum Gasteiger partial charge on any atom is -0.471 e. The Morgan fingerprint density at radius 1 is 1.50 bits per heavy atom. The number of Topliss-reactive ketones (excluding diaryl/α,β-unsaturated/α-hetero) is 1. The first-order chi connectivity index (χ1) is 6.65. The second kappa shape index (κ2) is 7.06. The standard InChI is InChI=1S/C7H10O3.C2H4O2/c1-10-7(9)5-2-3-6(8)4-5;1-4-2-3/h5H,2-4H2,1H3;2H,1H3. The maximum absolute atomic E-state index is 10.8. The van der Waals surface area contributed by atoms with E-state index in [1.807, 2.05) is 0 Å². The highest BCUT2D eigenvalue weighted by molar-refractivity contribution is 5.87. The van der Waals surface area contributed by atoms with E-state index >= 15 is 0 Å². The Labute approximate surface area is 82.4 Å². The number of methoxy groups -OCH3 is 2. The molecule has 1 unspecified atom stereocenters. The van der Waals surface area contributed by atoms with E-state index in [9.17, 15) is 9.59 Å². The highest BCUT2D eigenvalue weighted by Crippen LogP contribution is 2.22. The molecule has 0 amide bonds. The third kappa shape index (κ3) is 4.59. The molecule has 1 atom stereocenters. The number of ether oxygens (including phenoxy) is 2. The maximum Gasteiger partial charge on any atom is 0.309 e. The lowest BCUT2D eigenvalue weighted by atomic mass is 10.1. The van der Waals surface area contributed by atoms with Crippen molar-refractivity contribution < 1.29 is 23.9 Å². The van der Waals surface area contributed by atoms with E-state index in [1.165, 1.54) is 14.2 Å². The van der Waals surface area contributed by atoms with Crippen molar-refractivity contribution >= 4 is 18.2 Å². The van der Waals surface area contributed by atoms with Gasteiger partial charge in [0.25, 0.3) is 6.47 Å². The van der Waals surface area contributed by atoms with Gasteiger partial charge in [-0.2, -0.15) is 0 Å². The number of rotatable bonds is 2. The van der Waals surface area contributed by atoms with Crippen LogP contribution in [0.3, 0.4) is 0 Å². The molecule has 1 aliphatic rings. The van der Waals surface area contributed by atoms with Gasteiger partial charge in [-0.15, -0.1) is 0 Å². The van der Waals surface area contributed by atoms with E-state index in [1.54, 1.807) is 0 Å². The summed E-state index contributed by atoms with van der Waals surface area (Å²) in [6.07, 6.45) is 1.60. The summed E-state index contributed by atoms with van der Waals surface area (Å²) in [5.74, 6) is -0.223. The summed E-state index contributed by atoms with van der Waals surface area (Å²) in [4.78, 5) is 30.4. The zero-order valence-electron chi connectivity index (χ0n) is 8.32. The molecule has 1 rings (SSSR count). The van der Waals surface area contributed by atoms with Gasteiger partial charge in [0.15, 0.2) is 0 Å². The van der Waals surface area contributed by atoms with Crippen molar-refractivity contribution in [3.63, 3.8) is 0 Å². The molecule has 5 heteroatoms. The smallest absolute Gasteiger partial charge is 0.309 e. The average molecular weight is 202 g/mol. The first-order valence-electron chi connectivity index (χ1n) is 4.21. The number of hydrogen-bond donors (Lipinski definition) is 0. The summed E-state index contributed by atoms with van der Waals surface area (Å²) in [6.45, 7) is 0.375. The second-order valence-corrected chi connectivity index (χ2v) is 2.83. The molecule has 80 valence electrons. The molecule has 0 aromatic rings. The number of carbonyl (C=O) groups excluding carboxylic acids is 3. The van der Waals surface area contributed by atoms with E-state index in [0.29, 0.717) is 25.7 Å². The molecule has 0 saturated heterocycles. The first kappa shape index (κ1) is 12.6. The van der Waals surface area contributed by atoms with Crippen molar-refractivity contribution in [1.82, 2.24) is 0 Å². The second-order valence-electron chi connectivity index (χ2n) is 2.83. The Morgan fingerprint density at radius 3 is 2.36 bits per heavy atom. The molecule has 1 fully saturated rings. The van der Waals surface area contributed by atoms with Gasteiger partial charge in [-0.05, 0) is 6.42 Å². The van der Waals surface area contributed by atoms with E-state index in [0.717, 1.165) is 0 Å². The molecule has 0 heterocycles. The highest BCUT2D eigenvalue weighted by atomic mass is 16.5. The minimum absolute atomic E-state index is 0.155. The van der Waals surface area contributed by atoms with Crippen LogP contribution in [0.5, 0.6) is 0 Å². The maximum atomic E-state index is 10.8. The largest absolute Gasteiger partial charge is 0.471 e. The zero-order valence-corrected chi connectivity index (χ0v) is 8.32. The van der Waals surface area contributed by atoms with Gasteiger partial charge < -0.3 is 9.47 Å². The Morgan fingerprint density at radius 2 is 2.07 bits per heavy atom. The Balaban J connectivity index is 0.000000364. The quantitative estimate of drug-likeness (QED) is 0.476. The van der Waals surface area contributed by atoms with Gasteiger partial charge in [-0.1, -0.05) is 0 Å². The highest BCUT2D eigenvalue weighted by Gasteiger charge is 2.28. The monoisotopic (exact) mass is 202 g/mol. The lowest BCUT2D eigenvalue weighted by Gasteiger charge is -2.02. The van der Waals surface area contributed by atoms with E-state index in [4.69, 9.17) is 4.79 Å². The molecule has 1 saturated carbocycles. The fourth-order valence-corrected chi connectivity index (χ4v) is 1.18. The van der Waals surface area contributed by atoms with Gasteiger partial charge in [-0.25, -0.2) is 0 Å². The average Bonchev–Trinajstić information content (AvgIpc) is 2.64. The van der Waals surface area contributed by atoms with Crippen molar-refractivity contribution in [3.8, 4) is 0 Å². The van der Waals surface area contributed by atoms with Gasteiger partial charge >= 0.3 is 5.97 Å². The third-order valence-corrected chi connectivity index (χ3v) is 1.88. The summed E-state index contributed by atoms with van der Waals surface area (Å²) in [7, 11) is 2.66. The molecule has 1 aliphatic carbocycles. The van der Waals surface area contributed by atoms with Crippen molar-refractivity contribution in [3.05, 3.63) is 0 Å². The number of carbonyl (C=O) groups is 3. The summed E-state index contributed by atoms with van der Waals surface area (Å²) < 4.78 is 8.35. The van der Waals surface area contributed by atoms with Crippen LogP contribution in [0.4, 0.5) is 0 Å². The van der Waals surface area contributed by atoms with Crippen molar-refractivity contribution in [2.75, 3.05) is 14.2 Å². The molecule has 0 radical (unpaired) electrons. The Hall–Kier alpha value is -1.39. The van der Waals surface area contributed by atoms with Gasteiger partial charge in [0.1, 0.15) is 5.78 Å². The lowest BCUT2D eigenvalue weighted by Crippen LogP contribution is -2.12. The van der Waals surface area contributed by atoms with Crippen LogP contribution in [0.15, 0.2) is 0 Å². The van der Waals surface area contributed by atoms with Crippen molar-refractivity contribution in [2.24, 2.45) is 5.92 Å². The van der Waals surface area contributed by atoms with E-state index in [2.05, 4.69) is 9.47 Å².